The molecule has 1 aromatic rings. The Bertz CT molecular complexity index is 408. The van der Waals surface area contributed by atoms with Gasteiger partial charge in [0.15, 0.2) is 5.78 Å². The first-order chi connectivity index (χ1) is 8.19. The summed E-state index contributed by atoms with van der Waals surface area (Å²) in [6.45, 7) is 0.752. The van der Waals surface area contributed by atoms with E-state index in [1.54, 1.807) is 7.11 Å². The van der Waals surface area contributed by atoms with Crippen LogP contribution in [-0.4, -0.2) is 31.6 Å². The second-order valence-corrected chi connectivity index (χ2v) is 4.76. The minimum Gasteiger partial charge on any atom is -0.380 e. The molecular formula is C13H16ClNO2. The number of rotatable bonds is 4. The number of benzene rings is 1. The second kappa shape index (κ2) is 5.63. The number of methoxy groups -OCH3 is 1. The van der Waals surface area contributed by atoms with Crippen LogP contribution in [0.5, 0.6) is 0 Å². The molecule has 1 N–H and O–H groups in total. The molecule has 2 rings (SSSR count). The van der Waals surface area contributed by atoms with Crippen molar-refractivity contribution in [1.82, 2.24) is 5.32 Å². The van der Waals surface area contributed by atoms with Gasteiger partial charge in [-0.2, -0.15) is 0 Å². The van der Waals surface area contributed by atoms with Gasteiger partial charge in [-0.25, -0.2) is 0 Å². The Hall–Kier alpha value is -0.900. The van der Waals surface area contributed by atoms with Crippen LogP contribution in [0, 0.1) is 0 Å². The Kier molecular flexibility index (Phi) is 4.15. The molecule has 0 aliphatic carbocycles. The van der Waals surface area contributed by atoms with Crippen molar-refractivity contribution in [3.05, 3.63) is 34.9 Å². The van der Waals surface area contributed by atoms with E-state index in [0.717, 1.165) is 18.5 Å². The number of carbonyl (C=O) groups is 1. The van der Waals surface area contributed by atoms with Crippen LogP contribution in [0.3, 0.4) is 0 Å². The Labute approximate surface area is 106 Å². The van der Waals surface area contributed by atoms with Crippen molar-refractivity contribution in [3.8, 4) is 0 Å². The summed E-state index contributed by atoms with van der Waals surface area (Å²) in [5.74, 6) is 0.201. The number of halogens is 1. The largest absolute Gasteiger partial charge is 0.380 e. The Morgan fingerprint density at radius 2 is 2.41 bits per heavy atom. The highest BCUT2D eigenvalue weighted by Crippen LogP contribution is 2.15. The van der Waals surface area contributed by atoms with Gasteiger partial charge in [0.05, 0.1) is 12.1 Å². The van der Waals surface area contributed by atoms with Crippen LogP contribution in [0.4, 0.5) is 0 Å². The van der Waals surface area contributed by atoms with Gasteiger partial charge in [-0.1, -0.05) is 23.7 Å². The van der Waals surface area contributed by atoms with E-state index < -0.39 is 0 Å². The quantitative estimate of drug-likeness (QED) is 0.890. The van der Waals surface area contributed by atoms with E-state index in [1.807, 2.05) is 24.3 Å². The molecule has 1 aliphatic heterocycles. The average molecular weight is 254 g/mol. The van der Waals surface area contributed by atoms with Crippen LogP contribution in [0.1, 0.15) is 12.0 Å². The van der Waals surface area contributed by atoms with Gasteiger partial charge in [-0.3, -0.25) is 4.79 Å². The number of hydrogen-bond donors (Lipinski definition) is 1. The summed E-state index contributed by atoms with van der Waals surface area (Å²) in [4.78, 5) is 12.0. The van der Waals surface area contributed by atoms with Gasteiger partial charge in [0.25, 0.3) is 0 Å². The zero-order valence-electron chi connectivity index (χ0n) is 9.78. The van der Waals surface area contributed by atoms with Gasteiger partial charge >= 0.3 is 0 Å². The highest BCUT2D eigenvalue weighted by molar-refractivity contribution is 6.30. The lowest BCUT2D eigenvalue weighted by Gasteiger charge is -2.09. The van der Waals surface area contributed by atoms with Gasteiger partial charge in [-0.15, -0.1) is 0 Å². The minimum absolute atomic E-state index is 0.0843. The summed E-state index contributed by atoms with van der Waals surface area (Å²) in [5, 5.41) is 3.86. The molecule has 4 heteroatoms. The highest BCUT2D eigenvalue weighted by atomic mass is 35.5. The molecule has 3 nitrogen and oxygen atoms in total. The summed E-state index contributed by atoms with van der Waals surface area (Å²) >= 11 is 5.89. The fourth-order valence-corrected chi connectivity index (χ4v) is 2.31. The predicted octanol–water partition coefficient (Wildman–Crippen LogP) is 1.83. The molecule has 1 aromatic carbocycles. The van der Waals surface area contributed by atoms with Gasteiger partial charge < -0.3 is 10.1 Å². The van der Waals surface area contributed by atoms with Crippen molar-refractivity contribution in [3.63, 3.8) is 0 Å². The van der Waals surface area contributed by atoms with Crippen molar-refractivity contribution >= 4 is 17.4 Å². The summed E-state index contributed by atoms with van der Waals surface area (Å²) in [5.41, 5.74) is 0.963. The maximum Gasteiger partial charge on any atom is 0.154 e. The SMILES string of the molecule is COC1CNC(C(=O)Cc2cccc(Cl)c2)C1. The Morgan fingerprint density at radius 3 is 3.06 bits per heavy atom. The van der Waals surface area contributed by atoms with Gasteiger partial charge in [-0.05, 0) is 24.1 Å². The van der Waals surface area contributed by atoms with Crippen LogP contribution < -0.4 is 5.32 Å². The van der Waals surface area contributed by atoms with Crippen molar-refractivity contribution in [2.24, 2.45) is 0 Å². The van der Waals surface area contributed by atoms with Gasteiger partial charge in [0.2, 0.25) is 0 Å². The molecule has 1 aliphatic rings. The van der Waals surface area contributed by atoms with Crippen molar-refractivity contribution < 1.29 is 9.53 Å². The van der Waals surface area contributed by atoms with Crippen LogP contribution >= 0.6 is 11.6 Å². The monoisotopic (exact) mass is 253 g/mol. The normalized spacial score (nSPS) is 23.9. The van der Waals surface area contributed by atoms with E-state index in [9.17, 15) is 4.79 Å². The molecule has 0 bridgehead atoms. The lowest BCUT2D eigenvalue weighted by Crippen LogP contribution is -2.31. The van der Waals surface area contributed by atoms with Crippen molar-refractivity contribution in [2.75, 3.05) is 13.7 Å². The Morgan fingerprint density at radius 1 is 1.59 bits per heavy atom. The first-order valence-corrected chi connectivity index (χ1v) is 6.10. The maximum atomic E-state index is 12.0. The van der Waals surface area contributed by atoms with Crippen LogP contribution in [0.2, 0.25) is 5.02 Å². The molecule has 0 spiro atoms. The van der Waals surface area contributed by atoms with Gasteiger partial charge in [0, 0.05) is 25.1 Å². The standard InChI is InChI=1S/C13H16ClNO2/c1-17-11-7-12(15-8-11)13(16)6-9-3-2-4-10(14)5-9/h2-5,11-12,15H,6-8H2,1H3. The number of ketones is 1. The fraction of sp³-hybridized carbons (Fsp3) is 0.462. The van der Waals surface area contributed by atoms with E-state index in [4.69, 9.17) is 16.3 Å². The molecule has 2 unspecified atom stereocenters. The zero-order valence-corrected chi connectivity index (χ0v) is 10.5. The molecule has 1 heterocycles. The minimum atomic E-state index is -0.0843. The number of nitrogens with one attached hydrogen (secondary N) is 1. The highest BCUT2D eigenvalue weighted by Gasteiger charge is 2.28. The maximum absolute atomic E-state index is 12.0. The topological polar surface area (TPSA) is 38.3 Å². The second-order valence-electron chi connectivity index (χ2n) is 4.33. The van der Waals surface area contributed by atoms with Crippen LogP contribution in [0.25, 0.3) is 0 Å². The summed E-state index contributed by atoms with van der Waals surface area (Å²) in [6, 6.07) is 7.35. The summed E-state index contributed by atoms with van der Waals surface area (Å²) < 4.78 is 5.23. The van der Waals surface area contributed by atoms with Gasteiger partial charge in [0.1, 0.15) is 0 Å². The summed E-state index contributed by atoms with van der Waals surface area (Å²) in [6.07, 6.45) is 1.34. The molecule has 0 saturated carbocycles. The van der Waals surface area contributed by atoms with E-state index in [2.05, 4.69) is 5.32 Å². The first-order valence-electron chi connectivity index (χ1n) is 5.72. The van der Waals surface area contributed by atoms with E-state index in [-0.39, 0.29) is 17.9 Å². The zero-order chi connectivity index (χ0) is 12.3. The van der Waals surface area contributed by atoms with E-state index in [1.165, 1.54) is 0 Å². The Balaban J connectivity index is 1.93. The molecule has 0 aromatic heterocycles. The molecular weight excluding hydrogens is 238 g/mol. The average Bonchev–Trinajstić information content (AvgIpc) is 2.77. The number of Topliss-reactive ketones (excluding diaryl/α,β-unsaturated/α-hetero) is 1. The number of ether oxygens (including phenoxy) is 1. The van der Waals surface area contributed by atoms with E-state index in [0.29, 0.717) is 11.4 Å². The first kappa shape index (κ1) is 12.6. The molecule has 0 radical (unpaired) electrons. The smallest absolute Gasteiger partial charge is 0.154 e. The third-order valence-electron chi connectivity index (χ3n) is 3.08. The number of hydrogen-bond acceptors (Lipinski definition) is 3. The third-order valence-corrected chi connectivity index (χ3v) is 3.31. The van der Waals surface area contributed by atoms with E-state index >= 15 is 0 Å². The van der Waals surface area contributed by atoms with Crippen molar-refractivity contribution in [2.45, 2.75) is 25.0 Å². The fourth-order valence-electron chi connectivity index (χ4n) is 2.10. The van der Waals surface area contributed by atoms with Crippen molar-refractivity contribution in [1.29, 1.82) is 0 Å². The molecule has 2 atom stereocenters. The number of carbonyl (C=O) groups excluding carboxylic acids is 1. The molecule has 92 valence electrons. The van der Waals surface area contributed by atoms with Crippen LogP contribution in [0.15, 0.2) is 24.3 Å². The lowest BCUT2D eigenvalue weighted by atomic mass is 10.0. The molecule has 1 saturated heterocycles. The molecule has 1 fully saturated rings. The predicted molar refractivity (Wildman–Crippen MR) is 67.4 cm³/mol. The van der Waals surface area contributed by atoms with Crippen LogP contribution in [-0.2, 0) is 16.0 Å². The lowest BCUT2D eigenvalue weighted by molar-refractivity contribution is -0.120. The third kappa shape index (κ3) is 3.28. The molecule has 0 amide bonds. The molecule has 17 heavy (non-hydrogen) atoms. The summed E-state index contributed by atoms with van der Waals surface area (Å²) in [7, 11) is 1.68.